The topological polar surface area (TPSA) is 44.1 Å². The summed E-state index contributed by atoms with van der Waals surface area (Å²) in [6, 6.07) is 25.1. The van der Waals surface area contributed by atoms with E-state index in [1.165, 1.54) is 11.8 Å². The zero-order valence-electron chi connectivity index (χ0n) is 17.2. The Kier molecular flexibility index (Phi) is 6.44. The minimum Gasteiger partial charge on any atom is -0.406 e. The van der Waals surface area contributed by atoms with Gasteiger partial charge < -0.3 is 4.74 Å². The highest BCUT2D eigenvalue weighted by molar-refractivity contribution is 7.99. The average molecular weight is 449 g/mol. The number of hydrogen-bond donors (Lipinski definition) is 0. The zero-order chi connectivity index (χ0) is 21.8. The van der Waals surface area contributed by atoms with E-state index in [2.05, 4.69) is 5.10 Å². The van der Waals surface area contributed by atoms with Gasteiger partial charge >= 0.3 is 5.97 Å². The Labute approximate surface area is 190 Å². The molecule has 0 amide bonds. The molecular formula is C25H21ClN2O2S. The molecule has 0 atom stereocenters. The first-order valence-corrected chi connectivity index (χ1v) is 11.0. The SMILES string of the molecule is Cc1cccc(CC(=O)Oc2c(Sc3ccc(Cl)cc3)c(C)nn2-c2ccccc2)c1. The molecule has 0 saturated carbocycles. The maximum Gasteiger partial charge on any atom is 0.317 e. The molecule has 0 N–H and O–H groups in total. The highest BCUT2D eigenvalue weighted by Crippen LogP contribution is 2.39. The van der Waals surface area contributed by atoms with Crippen molar-refractivity contribution < 1.29 is 9.53 Å². The molecule has 0 bridgehead atoms. The lowest BCUT2D eigenvalue weighted by Gasteiger charge is -2.10. The zero-order valence-corrected chi connectivity index (χ0v) is 18.8. The second-order valence-electron chi connectivity index (χ2n) is 7.16. The van der Waals surface area contributed by atoms with Crippen LogP contribution < -0.4 is 4.74 Å². The molecule has 0 fully saturated rings. The molecule has 0 aliphatic heterocycles. The van der Waals surface area contributed by atoms with Gasteiger partial charge in [0.05, 0.1) is 22.7 Å². The van der Waals surface area contributed by atoms with Gasteiger partial charge in [-0.1, -0.05) is 71.4 Å². The van der Waals surface area contributed by atoms with Crippen molar-refractivity contribution in [2.75, 3.05) is 0 Å². The van der Waals surface area contributed by atoms with E-state index in [1.807, 2.05) is 92.7 Å². The number of hydrogen-bond acceptors (Lipinski definition) is 4. The number of esters is 1. The second kappa shape index (κ2) is 9.41. The van der Waals surface area contributed by atoms with Crippen molar-refractivity contribution in [1.29, 1.82) is 0 Å². The third kappa shape index (κ3) is 5.19. The Morgan fingerprint density at radius 1 is 1.00 bits per heavy atom. The molecule has 0 radical (unpaired) electrons. The second-order valence-corrected chi connectivity index (χ2v) is 8.68. The fraction of sp³-hybridized carbons (Fsp3) is 0.120. The Hall–Kier alpha value is -3.02. The highest BCUT2D eigenvalue weighted by atomic mass is 35.5. The molecule has 3 aromatic carbocycles. The Balaban J connectivity index is 1.68. The van der Waals surface area contributed by atoms with Crippen molar-refractivity contribution >= 4 is 29.3 Å². The first-order chi connectivity index (χ1) is 15.0. The molecule has 4 aromatic rings. The summed E-state index contributed by atoms with van der Waals surface area (Å²) in [5, 5.41) is 5.33. The highest BCUT2D eigenvalue weighted by Gasteiger charge is 2.22. The quantitative estimate of drug-likeness (QED) is 0.318. The standard InChI is InChI=1S/C25H21ClN2O2S/c1-17-7-6-8-19(15-17)16-23(29)30-25-24(31-22-13-11-20(26)12-14-22)18(2)27-28(25)21-9-4-3-5-10-21/h3-15H,16H2,1-2H3. The summed E-state index contributed by atoms with van der Waals surface area (Å²) in [6.45, 7) is 3.92. The molecule has 4 rings (SSSR count). The number of aryl methyl sites for hydroxylation is 2. The van der Waals surface area contributed by atoms with Crippen LogP contribution in [0, 0.1) is 13.8 Å². The van der Waals surface area contributed by atoms with E-state index in [0.29, 0.717) is 10.9 Å². The molecule has 0 aliphatic rings. The minimum absolute atomic E-state index is 0.186. The van der Waals surface area contributed by atoms with E-state index in [0.717, 1.165) is 32.3 Å². The monoisotopic (exact) mass is 448 g/mol. The van der Waals surface area contributed by atoms with Crippen LogP contribution in [0.25, 0.3) is 5.69 Å². The number of aromatic nitrogens is 2. The predicted octanol–water partition coefficient (Wildman–Crippen LogP) is 6.44. The third-order valence-corrected chi connectivity index (χ3v) is 6.07. The summed E-state index contributed by atoms with van der Waals surface area (Å²) in [5.74, 6) is 0.0851. The minimum atomic E-state index is -0.333. The largest absolute Gasteiger partial charge is 0.406 e. The molecule has 31 heavy (non-hydrogen) atoms. The van der Waals surface area contributed by atoms with Gasteiger partial charge in [0.25, 0.3) is 0 Å². The van der Waals surface area contributed by atoms with E-state index in [1.54, 1.807) is 4.68 Å². The fourth-order valence-corrected chi connectivity index (χ4v) is 4.23. The van der Waals surface area contributed by atoms with Crippen molar-refractivity contribution in [3.05, 3.63) is 101 Å². The van der Waals surface area contributed by atoms with E-state index in [4.69, 9.17) is 16.3 Å². The molecule has 1 aromatic heterocycles. The van der Waals surface area contributed by atoms with E-state index >= 15 is 0 Å². The molecule has 156 valence electrons. The van der Waals surface area contributed by atoms with Crippen LogP contribution in [0.5, 0.6) is 5.88 Å². The van der Waals surface area contributed by atoms with Gasteiger partial charge in [-0.15, -0.1) is 0 Å². The van der Waals surface area contributed by atoms with Gasteiger partial charge in [-0.3, -0.25) is 4.79 Å². The fourth-order valence-electron chi connectivity index (χ4n) is 3.20. The average Bonchev–Trinajstić information content (AvgIpc) is 3.05. The van der Waals surface area contributed by atoms with Crippen molar-refractivity contribution in [2.24, 2.45) is 0 Å². The predicted molar refractivity (Wildman–Crippen MR) is 124 cm³/mol. The smallest absolute Gasteiger partial charge is 0.317 e. The van der Waals surface area contributed by atoms with Crippen LogP contribution in [0.15, 0.2) is 88.7 Å². The molecule has 6 heteroatoms. The van der Waals surface area contributed by atoms with E-state index in [9.17, 15) is 4.79 Å². The Bertz CT molecular complexity index is 1200. The maximum atomic E-state index is 12.8. The summed E-state index contributed by atoms with van der Waals surface area (Å²) in [6.07, 6.45) is 0.186. The van der Waals surface area contributed by atoms with Crippen LogP contribution >= 0.6 is 23.4 Å². The number of nitrogens with zero attached hydrogens (tertiary/aromatic N) is 2. The van der Waals surface area contributed by atoms with Gasteiger partial charge in [-0.25, -0.2) is 0 Å². The number of halogens is 1. The summed E-state index contributed by atoms with van der Waals surface area (Å²) in [7, 11) is 0. The Morgan fingerprint density at radius 3 is 2.45 bits per heavy atom. The summed E-state index contributed by atoms with van der Waals surface area (Å²) < 4.78 is 7.59. The van der Waals surface area contributed by atoms with Crippen molar-refractivity contribution in [3.63, 3.8) is 0 Å². The normalized spacial score (nSPS) is 10.8. The van der Waals surface area contributed by atoms with Crippen molar-refractivity contribution in [1.82, 2.24) is 9.78 Å². The van der Waals surface area contributed by atoms with Crippen molar-refractivity contribution in [3.8, 4) is 11.6 Å². The third-order valence-electron chi connectivity index (χ3n) is 4.64. The number of carbonyl (C=O) groups is 1. The number of carbonyl (C=O) groups excluding carboxylic acids is 1. The molecule has 0 unspecified atom stereocenters. The number of para-hydroxylation sites is 1. The van der Waals surface area contributed by atoms with Gasteiger partial charge in [-0.05, 0) is 55.8 Å². The molecule has 0 aliphatic carbocycles. The number of rotatable bonds is 6. The number of ether oxygens (including phenoxy) is 1. The summed E-state index contributed by atoms with van der Waals surface area (Å²) >= 11 is 7.52. The van der Waals surface area contributed by atoms with Gasteiger partial charge in [0, 0.05) is 9.92 Å². The van der Waals surface area contributed by atoms with E-state index in [-0.39, 0.29) is 12.4 Å². The molecule has 0 spiro atoms. The maximum absolute atomic E-state index is 12.8. The van der Waals surface area contributed by atoms with E-state index < -0.39 is 0 Å². The molecule has 4 nitrogen and oxygen atoms in total. The lowest BCUT2D eigenvalue weighted by Crippen LogP contribution is -2.14. The van der Waals surface area contributed by atoms with Gasteiger partial charge in [0.15, 0.2) is 0 Å². The van der Waals surface area contributed by atoms with Crippen LogP contribution in [0.1, 0.15) is 16.8 Å². The lowest BCUT2D eigenvalue weighted by molar-refractivity contribution is -0.134. The van der Waals surface area contributed by atoms with Crippen LogP contribution in [0.2, 0.25) is 5.02 Å². The first kappa shape index (κ1) is 21.2. The Morgan fingerprint density at radius 2 is 1.74 bits per heavy atom. The molecule has 1 heterocycles. The first-order valence-electron chi connectivity index (χ1n) is 9.84. The van der Waals surface area contributed by atoms with Crippen LogP contribution in [0.3, 0.4) is 0 Å². The van der Waals surface area contributed by atoms with Crippen LogP contribution in [-0.2, 0) is 11.2 Å². The lowest BCUT2D eigenvalue weighted by atomic mass is 10.1. The number of benzene rings is 3. The van der Waals surface area contributed by atoms with Gasteiger partial charge in [0.1, 0.15) is 0 Å². The summed E-state index contributed by atoms with van der Waals surface area (Å²) in [5.41, 5.74) is 3.63. The van der Waals surface area contributed by atoms with Crippen LogP contribution in [0.4, 0.5) is 0 Å². The molecule has 0 saturated heterocycles. The van der Waals surface area contributed by atoms with Gasteiger partial charge in [0.2, 0.25) is 5.88 Å². The van der Waals surface area contributed by atoms with Crippen LogP contribution in [-0.4, -0.2) is 15.7 Å². The van der Waals surface area contributed by atoms with Crippen molar-refractivity contribution in [2.45, 2.75) is 30.1 Å². The molecular weight excluding hydrogens is 428 g/mol. The summed E-state index contributed by atoms with van der Waals surface area (Å²) in [4.78, 5) is 14.6. The van der Waals surface area contributed by atoms with Gasteiger partial charge in [-0.2, -0.15) is 9.78 Å².